The fraction of sp³-hybridized carbons (Fsp3) is 0.600. The first-order valence-corrected chi connectivity index (χ1v) is 6.89. The highest BCUT2D eigenvalue weighted by molar-refractivity contribution is 6.20. The maximum absolute atomic E-state index is 6.25. The van der Waals surface area contributed by atoms with Crippen LogP contribution in [0.5, 0.6) is 0 Å². The molecule has 16 heavy (non-hydrogen) atoms. The topological polar surface area (TPSA) is 0 Å². The molecule has 0 saturated heterocycles. The van der Waals surface area contributed by atoms with E-state index >= 15 is 0 Å². The second-order valence-corrected chi connectivity index (χ2v) is 5.65. The van der Waals surface area contributed by atoms with Crippen LogP contribution in [0.4, 0.5) is 0 Å². The van der Waals surface area contributed by atoms with Crippen molar-refractivity contribution in [2.24, 2.45) is 11.8 Å². The van der Waals surface area contributed by atoms with Gasteiger partial charge in [0.05, 0.1) is 0 Å². The summed E-state index contributed by atoms with van der Waals surface area (Å²) in [5.41, 5.74) is 1.47. The van der Waals surface area contributed by atoms with Crippen LogP contribution in [-0.2, 0) is 6.42 Å². The van der Waals surface area contributed by atoms with E-state index in [4.69, 9.17) is 11.6 Å². The van der Waals surface area contributed by atoms with Crippen LogP contribution in [0.3, 0.4) is 0 Å². The minimum atomic E-state index is 0.432. The summed E-state index contributed by atoms with van der Waals surface area (Å²) in [6.45, 7) is 2.32. The van der Waals surface area contributed by atoms with Gasteiger partial charge in [-0.05, 0) is 49.5 Å². The highest BCUT2D eigenvalue weighted by Crippen LogP contribution is 2.38. The van der Waals surface area contributed by atoms with Gasteiger partial charge in [0.1, 0.15) is 0 Å². The van der Waals surface area contributed by atoms with E-state index in [0.717, 1.165) is 11.8 Å². The minimum absolute atomic E-state index is 0.432. The van der Waals surface area contributed by atoms with E-state index in [-0.39, 0.29) is 0 Å². The fourth-order valence-electron chi connectivity index (χ4n) is 2.81. The SMILES string of the molecule is CC1C(Cl)CCC1CCCc1ccccc1. The normalized spacial score (nSPS) is 29.5. The number of hydrogen-bond donors (Lipinski definition) is 0. The summed E-state index contributed by atoms with van der Waals surface area (Å²) < 4.78 is 0. The molecule has 0 nitrogen and oxygen atoms in total. The molecular weight excluding hydrogens is 216 g/mol. The van der Waals surface area contributed by atoms with E-state index in [2.05, 4.69) is 37.3 Å². The Hall–Kier alpha value is -0.490. The van der Waals surface area contributed by atoms with Crippen molar-refractivity contribution < 1.29 is 0 Å². The van der Waals surface area contributed by atoms with Crippen molar-refractivity contribution in [1.29, 1.82) is 0 Å². The third kappa shape index (κ3) is 3.01. The largest absolute Gasteiger partial charge is 0.123 e. The summed E-state index contributed by atoms with van der Waals surface area (Å²) in [5, 5.41) is 0.432. The molecule has 0 aromatic heterocycles. The molecular formula is C15H21Cl. The van der Waals surface area contributed by atoms with Gasteiger partial charge in [-0.3, -0.25) is 0 Å². The molecule has 88 valence electrons. The van der Waals surface area contributed by atoms with Crippen LogP contribution in [-0.4, -0.2) is 5.38 Å². The summed E-state index contributed by atoms with van der Waals surface area (Å²) in [4.78, 5) is 0. The average Bonchev–Trinajstić information content (AvgIpc) is 2.62. The lowest BCUT2D eigenvalue weighted by Crippen LogP contribution is -2.11. The van der Waals surface area contributed by atoms with Crippen molar-refractivity contribution in [2.45, 2.75) is 44.4 Å². The summed E-state index contributed by atoms with van der Waals surface area (Å²) in [5.74, 6) is 1.59. The van der Waals surface area contributed by atoms with Crippen LogP contribution >= 0.6 is 11.6 Å². The van der Waals surface area contributed by atoms with Gasteiger partial charge in [-0.15, -0.1) is 11.6 Å². The van der Waals surface area contributed by atoms with Gasteiger partial charge in [-0.1, -0.05) is 37.3 Å². The van der Waals surface area contributed by atoms with Crippen molar-refractivity contribution in [3.8, 4) is 0 Å². The maximum atomic E-state index is 6.25. The summed E-state index contributed by atoms with van der Waals surface area (Å²) in [6.07, 6.45) is 6.43. The highest BCUT2D eigenvalue weighted by Gasteiger charge is 2.30. The summed E-state index contributed by atoms with van der Waals surface area (Å²) in [6, 6.07) is 10.8. The lowest BCUT2D eigenvalue weighted by atomic mass is 9.91. The molecule has 2 rings (SSSR count). The van der Waals surface area contributed by atoms with Gasteiger partial charge in [-0.25, -0.2) is 0 Å². The van der Waals surface area contributed by atoms with Crippen molar-refractivity contribution in [3.63, 3.8) is 0 Å². The van der Waals surface area contributed by atoms with Gasteiger partial charge in [-0.2, -0.15) is 0 Å². The lowest BCUT2D eigenvalue weighted by molar-refractivity contribution is 0.384. The molecule has 3 atom stereocenters. The number of halogens is 1. The van der Waals surface area contributed by atoms with Crippen molar-refractivity contribution in [1.82, 2.24) is 0 Å². The Morgan fingerprint density at radius 3 is 2.56 bits per heavy atom. The number of rotatable bonds is 4. The third-order valence-electron chi connectivity index (χ3n) is 4.01. The zero-order chi connectivity index (χ0) is 11.4. The van der Waals surface area contributed by atoms with E-state index in [1.165, 1.54) is 37.7 Å². The first-order valence-electron chi connectivity index (χ1n) is 6.45. The highest BCUT2D eigenvalue weighted by atomic mass is 35.5. The molecule has 1 aromatic rings. The molecule has 1 fully saturated rings. The molecule has 1 heteroatoms. The van der Waals surface area contributed by atoms with E-state index in [1.807, 2.05) is 0 Å². The first-order chi connectivity index (χ1) is 7.77. The van der Waals surface area contributed by atoms with Gasteiger partial charge in [0.25, 0.3) is 0 Å². The monoisotopic (exact) mass is 236 g/mol. The van der Waals surface area contributed by atoms with Crippen molar-refractivity contribution in [3.05, 3.63) is 35.9 Å². The molecule has 0 aliphatic heterocycles. The molecule has 0 N–H and O–H groups in total. The van der Waals surface area contributed by atoms with Gasteiger partial charge >= 0.3 is 0 Å². The second kappa shape index (κ2) is 5.72. The standard InChI is InChI=1S/C15H21Cl/c1-12-14(10-11-15(12)16)9-5-8-13-6-3-2-4-7-13/h2-4,6-7,12,14-15H,5,8-11H2,1H3. The predicted molar refractivity (Wildman–Crippen MR) is 70.9 cm³/mol. The fourth-order valence-corrected chi connectivity index (χ4v) is 3.15. The Kier molecular flexibility index (Phi) is 4.29. The predicted octanol–water partition coefficient (Wildman–Crippen LogP) is 4.66. The van der Waals surface area contributed by atoms with Gasteiger partial charge in [0.15, 0.2) is 0 Å². The Morgan fingerprint density at radius 1 is 1.19 bits per heavy atom. The Morgan fingerprint density at radius 2 is 1.94 bits per heavy atom. The molecule has 0 radical (unpaired) electrons. The Balaban J connectivity index is 1.73. The summed E-state index contributed by atoms with van der Waals surface area (Å²) >= 11 is 6.25. The van der Waals surface area contributed by atoms with E-state index in [1.54, 1.807) is 0 Å². The van der Waals surface area contributed by atoms with Crippen LogP contribution in [0.1, 0.15) is 38.2 Å². The average molecular weight is 237 g/mol. The maximum Gasteiger partial charge on any atom is 0.0364 e. The smallest absolute Gasteiger partial charge is 0.0364 e. The zero-order valence-corrected chi connectivity index (χ0v) is 10.8. The van der Waals surface area contributed by atoms with Crippen LogP contribution in [0.15, 0.2) is 30.3 Å². The Labute approximate surface area is 104 Å². The molecule has 1 aromatic carbocycles. The van der Waals surface area contributed by atoms with Crippen LogP contribution in [0, 0.1) is 11.8 Å². The lowest BCUT2D eigenvalue weighted by Gasteiger charge is -2.16. The number of hydrogen-bond acceptors (Lipinski definition) is 0. The second-order valence-electron chi connectivity index (χ2n) is 5.09. The van der Waals surface area contributed by atoms with E-state index < -0.39 is 0 Å². The minimum Gasteiger partial charge on any atom is -0.123 e. The van der Waals surface area contributed by atoms with E-state index in [0.29, 0.717) is 5.38 Å². The quantitative estimate of drug-likeness (QED) is 0.667. The Bertz CT molecular complexity index is 306. The van der Waals surface area contributed by atoms with E-state index in [9.17, 15) is 0 Å². The molecule has 0 spiro atoms. The van der Waals surface area contributed by atoms with Gasteiger partial charge in [0.2, 0.25) is 0 Å². The zero-order valence-electron chi connectivity index (χ0n) is 10.0. The molecule has 1 saturated carbocycles. The number of benzene rings is 1. The molecule has 0 heterocycles. The van der Waals surface area contributed by atoms with Crippen LogP contribution in [0.25, 0.3) is 0 Å². The molecule has 0 bridgehead atoms. The number of alkyl halides is 1. The molecule has 3 unspecified atom stereocenters. The van der Waals surface area contributed by atoms with Gasteiger partial charge in [0, 0.05) is 5.38 Å². The first kappa shape index (κ1) is 12.0. The van der Waals surface area contributed by atoms with Crippen LogP contribution in [0.2, 0.25) is 0 Å². The van der Waals surface area contributed by atoms with Crippen molar-refractivity contribution in [2.75, 3.05) is 0 Å². The third-order valence-corrected chi connectivity index (χ3v) is 4.63. The summed E-state index contributed by atoms with van der Waals surface area (Å²) in [7, 11) is 0. The van der Waals surface area contributed by atoms with Gasteiger partial charge < -0.3 is 0 Å². The molecule has 1 aliphatic carbocycles. The van der Waals surface area contributed by atoms with Crippen molar-refractivity contribution >= 4 is 11.6 Å². The molecule has 1 aliphatic rings. The van der Waals surface area contributed by atoms with Crippen LogP contribution < -0.4 is 0 Å². The molecule has 0 amide bonds. The number of aryl methyl sites for hydroxylation is 1.